The third kappa shape index (κ3) is 3.85. The predicted molar refractivity (Wildman–Crippen MR) is 114 cm³/mol. The summed E-state index contributed by atoms with van der Waals surface area (Å²) in [6.07, 6.45) is 1.96. The van der Waals surface area contributed by atoms with Crippen molar-refractivity contribution in [2.75, 3.05) is 4.90 Å². The van der Waals surface area contributed by atoms with Crippen LogP contribution in [-0.2, 0) is 17.8 Å². The number of furan rings is 1. The lowest BCUT2D eigenvalue weighted by molar-refractivity contribution is -0.118. The molecular formula is C23H22N2O2S. The second-order valence-corrected chi connectivity index (χ2v) is 8.13. The van der Waals surface area contributed by atoms with Gasteiger partial charge in [-0.2, -0.15) is 0 Å². The quantitative estimate of drug-likeness (QED) is 0.446. The number of carbonyl (C=O) groups is 1. The Hall–Kier alpha value is -2.92. The summed E-state index contributed by atoms with van der Waals surface area (Å²) in [5, 5.41) is 0.706. The summed E-state index contributed by atoms with van der Waals surface area (Å²) < 4.78 is 6.62. The van der Waals surface area contributed by atoms with Crippen molar-refractivity contribution in [1.82, 2.24) is 4.98 Å². The first-order valence-corrected chi connectivity index (χ1v) is 10.1. The molecule has 0 radical (unpaired) electrons. The third-order valence-electron chi connectivity index (χ3n) is 4.71. The molecule has 2 heterocycles. The number of rotatable bonds is 5. The minimum atomic E-state index is 0.00804. The molecule has 0 atom stereocenters. The van der Waals surface area contributed by atoms with Gasteiger partial charge in [0.2, 0.25) is 5.91 Å². The molecule has 2 aromatic carbocycles. The first kappa shape index (κ1) is 18.4. The number of thiazole rings is 1. The summed E-state index contributed by atoms with van der Waals surface area (Å²) in [6.45, 7) is 6.56. The fraction of sp³-hybridized carbons (Fsp3) is 0.217. The second-order valence-electron chi connectivity index (χ2n) is 7.15. The Kier molecular flexibility index (Phi) is 5.01. The van der Waals surface area contributed by atoms with Gasteiger partial charge >= 0.3 is 0 Å². The lowest BCUT2D eigenvalue weighted by atomic mass is 10.1. The summed E-state index contributed by atoms with van der Waals surface area (Å²) in [5.41, 5.74) is 5.46. The average molecular weight is 391 g/mol. The predicted octanol–water partition coefficient (Wildman–Crippen LogP) is 5.59. The number of fused-ring (bicyclic) bond motifs is 1. The molecule has 0 bridgehead atoms. The van der Waals surface area contributed by atoms with Crippen LogP contribution in [-0.4, -0.2) is 10.9 Å². The van der Waals surface area contributed by atoms with Crippen LogP contribution in [0.15, 0.2) is 59.2 Å². The van der Waals surface area contributed by atoms with Gasteiger partial charge in [-0.05, 0) is 55.7 Å². The Morgan fingerprint density at radius 3 is 2.57 bits per heavy atom. The van der Waals surface area contributed by atoms with Gasteiger partial charge in [0.15, 0.2) is 5.13 Å². The van der Waals surface area contributed by atoms with Gasteiger partial charge in [0.05, 0.1) is 29.4 Å². The minimum absolute atomic E-state index is 0.00804. The van der Waals surface area contributed by atoms with E-state index in [9.17, 15) is 4.79 Å². The molecule has 0 saturated carbocycles. The summed E-state index contributed by atoms with van der Waals surface area (Å²) in [6, 6.07) is 16.0. The first-order valence-electron chi connectivity index (χ1n) is 9.25. The van der Waals surface area contributed by atoms with Crippen LogP contribution in [0.1, 0.15) is 28.0 Å². The van der Waals surface area contributed by atoms with Gasteiger partial charge in [-0.3, -0.25) is 9.69 Å². The van der Waals surface area contributed by atoms with Crippen LogP contribution in [0.2, 0.25) is 0 Å². The highest BCUT2D eigenvalue weighted by molar-refractivity contribution is 7.22. The highest BCUT2D eigenvalue weighted by atomic mass is 32.1. The van der Waals surface area contributed by atoms with Crippen LogP contribution < -0.4 is 4.90 Å². The molecule has 0 aliphatic carbocycles. The number of anilines is 1. The number of aryl methyl sites for hydroxylation is 3. The summed E-state index contributed by atoms with van der Waals surface area (Å²) in [5.74, 6) is 0.748. The van der Waals surface area contributed by atoms with Crippen molar-refractivity contribution in [2.24, 2.45) is 0 Å². The normalized spacial score (nSPS) is 11.1. The van der Waals surface area contributed by atoms with E-state index >= 15 is 0 Å². The molecule has 0 saturated heterocycles. The van der Waals surface area contributed by atoms with E-state index in [4.69, 9.17) is 9.40 Å². The number of aromatic nitrogens is 1. The second kappa shape index (κ2) is 7.60. The van der Waals surface area contributed by atoms with Gasteiger partial charge in [0.1, 0.15) is 5.76 Å². The Bertz CT molecular complexity index is 1110. The van der Waals surface area contributed by atoms with E-state index in [-0.39, 0.29) is 5.91 Å². The van der Waals surface area contributed by atoms with Gasteiger partial charge in [0.25, 0.3) is 0 Å². The first-order chi connectivity index (χ1) is 13.5. The molecule has 2 aromatic heterocycles. The number of benzene rings is 2. The van der Waals surface area contributed by atoms with E-state index < -0.39 is 0 Å². The topological polar surface area (TPSA) is 46.3 Å². The lowest BCUT2D eigenvalue weighted by Crippen LogP contribution is -2.31. The Balaban J connectivity index is 1.69. The lowest BCUT2D eigenvalue weighted by Gasteiger charge is -2.19. The van der Waals surface area contributed by atoms with Gasteiger partial charge in [0, 0.05) is 0 Å². The summed E-state index contributed by atoms with van der Waals surface area (Å²) in [7, 11) is 0. The Morgan fingerprint density at radius 2 is 1.86 bits per heavy atom. The van der Waals surface area contributed by atoms with Crippen LogP contribution in [0.3, 0.4) is 0 Å². The molecule has 28 heavy (non-hydrogen) atoms. The fourth-order valence-corrected chi connectivity index (χ4v) is 4.31. The molecule has 0 aliphatic rings. The highest BCUT2D eigenvalue weighted by Gasteiger charge is 2.22. The van der Waals surface area contributed by atoms with Crippen LogP contribution in [0, 0.1) is 20.8 Å². The van der Waals surface area contributed by atoms with Crippen molar-refractivity contribution in [1.29, 1.82) is 0 Å². The zero-order valence-electron chi connectivity index (χ0n) is 16.2. The number of carbonyl (C=O) groups excluding carboxylic acids is 1. The van der Waals surface area contributed by atoms with Crippen LogP contribution >= 0.6 is 11.3 Å². The molecule has 1 amide bonds. The van der Waals surface area contributed by atoms with Crippen molar-refractivity contribution in [3.63, 3.8) is 0 Å². The van der Waals surface area contributed by atoms with Crippen molar-refractivity contribution < 1.29 is 9.21 Å². The maximum absolute atomic E-state index is 13.2. The molecule has 0 unspecified atom stereocenters. The van der Waals surface area contributed by atoms with E-state index in [0.29, 0.717) is 18.1 Å². The third-order valence-corrected chi connectivity index (χ3v) is 5.94. The minimum Gasteiger partial charge on any atom is -0.467 e. The SMILES string of the molecule is Cc1ccc(CC(=O)N(Cc2ccco2)c2nc3cc(C)cc(C)c3s2)cc1. The number of hydrogen-bond donors (Lipinski definition) is 0. The van der Waals surface area contributed by atoms with Crippen LogP contribution in [0.5, 0.6) is 0 Å². The van der Waals surface area contributed by atoms with Gasteiger partial charge in [-0.25, -0.2) is 4.98 Å². The molecule has 0 N–H and O–H groups in total. The van der Waals surface area contributed by atoms with Gasteiger partial charge in [-0.1, -0.05) is 47.2 Å². The largest absolute Gasteiger partial charge is 0.467 e. The molecule has 4 nitrogen and oxygen atoms in total. The number of nitrogens with zero attached hydrogens (tertiary/aromatic N) is 2. The molecule has 4 rings (SSSR count). The van der Waals surface area contributed by atoms with Crippen molar-refractivity contribution in [2.45, 2.75) is 33.7 Å². The fourth-order valence-electron chi connectivity index (χ4n) is 3.28. The molecule has 142 valence electrons. The highest BCUT2D eigenvalue weighted by Crippen LogP contribution is 2.33. The van der Waals surface area contributed by atoms with E-state index in [1.54, 1.807) is 22.5 Å². The molecule has 4 aromatic rings. The van der Waals surface area contributed by atoms with Crippen LogP contribution in [0.4, 0.5) is 5.13 Å². The standard InChI is InChI=1S/C23H22N2O2S/c1-15-6-8-18(9-7-15)13-21(26)25(14-19-5-4-10-27-19)23-24-20-12-16(2)11-17(3)22(20)28-23/h4-12H,13-14H2,1-3H3. The smallest absolute Gasteiger partial charge is 0.233 e. The molecule has 5 heteroatoms. The molecular weight excluding hydrogens is 368 g/mol. The number of amides is 1. The maximum Gasteiger partial charge on any atom is 0.233 e. The van der Waals surface area contributed by atoms with E-state index in [1.807, 2.05) is 43.3 Å². The molecule has 0 spiro atoms. The van der Waals surface area contributed by atoms with Crippen LogP contribution in [0.25, 0.3) is 10.2 Å². The number of hydrogen-bond acceptors (Lipinski definition) is 4. The zero-order chi connectivity index (χ0) is 19.7. The maximum atomic E-state index is 13.2. The zero-order valence-corrected chi connectivity index (χ0v) is 17.0. The summed E-state index contributed by atoms with van der Waals surface area (Å²) in [4.78, 5) is 19.7. The van der Waals surface area contributed by atoms with Crippen molar-refractivity contribution >= 4 is 32.6 Å². The van der Waals surface area contributed by atoms with E-state index in [2.05, 4.69) is 26.0 Å². The summed E-state index contributed by atoms with van der Waals surface area (Å²) >= 11 is 1.56. The monoisotopic (exact) mass is 390 g/mol. The van der Waals surface area contributed by atoms with Crippen molar-refractivity contribution in [3.8, 4) is 0 Å². The van der Waals surface area contributed by atoms with E-state index in [1.165, 1.54) is 16.7 Å². The van der Waals surface area contributed by atoms with Gasteiger partial charge < -0.3 is 4.42 Å². The molecule has 0 fully saturated rings. The van der Waals surface area contributed by atoms with Gasteiger partial charge in [-0.15, -0.1) is 0 Å². The average Bonchev–Trinajstić information content (AvgIpc) is 3.31. The Labute approximate surface area is 168 Å². The Morgan fingerprint density at radius 1 is 1.07 bits per heavy atom. The van der Waals surface area contributed by atoms with Crippen molar-refractivity contribution in [3.05, 3.63) is 82.8 Å². The van der Waals surface area contributed by atoms with E-state index in [0.717, 1.165) is 21.5 Å². The molecule has 0 aliphatic heterocycles.